The third kappa shape index (κ3) is 3.49. The fourth-order valence-corrected chi connectivity index (χ4v) is 1.42. The Balaban J connectivity index is 2.82. The number of nitrogens with one attached hydrogen (secondary N) is 1. The van der Waals surface area contributed by atoms with Crippen LogP contribution in [0.4, 0.5) is 8.78 Å². The van der Waals surface area contributed by atoms with Gasteiger partial charge in [0.05, 0.1) is 5.56 Å². The molecule has 1 atom stereocenters. The van der Waals surface area contributed by atoms with E-state index in [4.69, 9.17) is 5.73 Å². The molecule has 0 spiro atoms. The van der Waals surface area contributed by atoms with E-state index in [1.165, 1.54) is 0 Å². The highest BCUT2D eigenvalue weighted by Gasteiger charge is 2.18. The largest absolute Gasteiger partial charge is 0.348 e. The van der Waals surface area contributed by atoms with Crippen LogP contribution in [0.15, 0.2) is 18.2 Å². The van der Waals surface area contributed by atoms with E-state index in [1.807, 2.05) is 13.8 Å². The molecule has 3 N–H and O–H groups in total. The van der Waals surface area contributed by atoms with E-state index in [2.05, 4.69) is 5.32 Å². The van der Waals surface area contributed by atoms with Crippen LogP contribution in [0.5, 0.6) is 0 Å². The van der Waals surface area contributed by atoms with Gasteiger partial charge >= 0.3 is 0 Å². The van der Waals surface area contributed by atoms with Crippen LogP contribution in [-0.2, 0) is 0 Å². The molecule has 0 aliphatic rings. The number of rotatable bonds is 4. The summed E-state index contributed by atoms with van der Waals surface area (Å²) in [6.07, 6.45) is 0. The minimum atomic E-state index is -0.873. The van der Waals surface area contributed by atoms with E-state index in [0.29, 0.717) is 6.07 Å². The number of nitrogens with two attached hydrogens (primary N) is 1. The Morgan fingerprint density at radius 3 is 2.53 bits per heavy atom. The predicted octanol–water partition coefficient (Wildman–Crippen LogP) is 1.68. The first-order valence-electron chi connectivity index (χ1n) is 5.41. The van der Waals surface area contributed by atoms with Gasteiger partial charge in [0.2, 0.25) is 0 Å². The van der Waals surface area contributed by atoms with E-state index in [9.17, 15) is 13.6 Å². The zero-order valence-electron chi connectivity index (χ0n) is 9.84. The van der Waals surface area contributed by atoms with E-state index >= 15 is 0 Å². The molecular formula is C12H16F2N2O. The average Bonchev–Trinajstić information content (AvgIpc) is 2.24. The highest BCUT2D eigenvalue weighted by atomic mass is 19.1. The summed E-state index contributed by atoms with van der Waals surface area (Å²) < 4.78 is 26.0. The Bertz CT molecular complexity index is 407. The van der Waals surface area contributed by atoms with Crippen molar-refractivity contribution in [2.75, 3.05) is 6.54 Å². The zero-order chi connectivity index (χ0) is 13.0. The van der Waals surface area contributed by atoms with Crippen LogP contribution in [-0.4, -0.2) is 18.5 Å². The van der Waals surface area contributed by atoms with E-state index in [0.717, 1.165) is 12.1 Å². The lowest BCUT2D eigenvalue weighted by atomic mass is 10.0. The molecule has 0 saturated carbocycles. The van der Waals surface area contributed by atoms with Gasteiger partial charge in [-0.25, -0.2) is 8.78 Å². The second-order valence-corrected chi connectivity index (χ2v) is 4.18. The smallest absolute Gasteiger partial charge is 0.254 e. The Hall–Kier alpha value is -1.49. The zero-order valence-corrected chi connectivity index (χ0v) is 9.84. The molecule has 5 heteroatoms. The fourth-order valence-electron chi connectivity index (χ4n) is 1.42. The number of halogens is 2. The molecule has 0 aliphatic carbocycles. The number of carbonyl (C=O) groups excluding carboxylic acids is 1. The summed E-state index contributed by atoms with van der Waals surface area (Å²) in [5.74, 6) is -2.01. The van der Waals surface area contributed by atoms with E-state index in [1.54, 1.807) is 0 Å². The van der Waals surface area contributed by atoms with Gasteiger partial charge in [0.25, 0.3) is 5.91 Å². The third-order valence-corrected chi connectivity index (χ3v) is 2.55. The van der Waals surface area contributed by atoms with E-state index in [-0.39, 0.29) is 24.1 Å². The van der Waals surface area contributed by atoms with Crippen LogP contribution in [0, 0.1) is 17.6 Å². The molecule has 0 radical (unpaired) electrons. The first-order valence-corrected chi connectivity index (χ1v) is 5.41. The second-order valence-electron chi connectivity index (χ2n) is 4.18. The Morgan fingerprint density at radius 1 is 1.41 bits per heavy atom. The SMILES string of the molecule is CC(C)C(CN)NC(=O)c1ccc(F)cc1F. The lowest BCUT2D eigenvalue weighted by Crippen LogP contribution is -2.43. The first kappa shape index (κ1) is 13.6. The number of hydrogen-bond donors (Lipinski definition) is 2. The molecule has 0 bridgehead atoms. The summed E-state index contributed by atoms with van der Waals surface area (Å²) in [5.41, 5.74) is 5.32. The topological polar surface area (TPSA) is 55.1 Å². The molecule has 1 aromatic carbocycles. The van der Waals surface area contributed by atoms with Crippen molar-refractivity contribution in [3.63, 3.8) is 0 Å². The van der Waals surface area contributed by atoms with Gasteiger partial charge in [0, 0.05) is 18.7 Å². The van der Waals surface area contributed by atoms with Crippen LogP contribution >= 0.6 is 0 Å². The lowest BCUT2D eigenvalue weighted by Gasteiger charge is -2.20. The van der Waals surface area contributed by atoms with Gasteiger partial charge in [-0.15, -0.1) is 0 Å². The minimum Gasteiger partial charge on any atom is -0.348 e. The van der Waals surface area contributed by atoms with Crippen molar-refractivity contribution in [3.8, 4) is 0 Å². The summed E-state index contributed by atoms with van der Waals surface area (Å²) in [7, 11) is 0. The molecule has 3 nitrogen and oxygen atoms in total. The monoisotopic (exact) mass is 242 g/mol. The number of hydrogen-bond acceptors (Lipinski definition) is 2. The molecule has 1 rings (SSSR count). The maximum atomic E-state index is 13.3. The summed E-state index contributed by atoms with van der Waals surface area (Å²) in [6, 6.07) is 2.62. The molecule has 0 aliphatic heterocycles. The lowest BCUT2D eigenvalue weighted by molar-refractivity contribution is 0.0923. The van der Waals surface area contributed by atoms with Gasteiger partial charge in [-0.2, -0.15) is 0 Å². The van der Waals surface area contributed by atoms with Crippen molar-refractivity contribution in [1.29, 1.82) is 0 Å². The summed E-state index contributed by atoms with van der Waals surface area (Å²) in [4.78, 5) is 11.7. The molecule has 0 aromatic heterocycles. The van der Waals surface area contributed by atoms with Gasteiger partial charge in [-0.05, 0) is 18.1 Å². The van der Waals surface area contributed by atoms with Gasteiger partial charge in [-0.1, -0.05) is 13.8 Å². The van der Waals surface area contributed by atoms with Crippen molar-refractivity contribution in [3.05, 3.63) is 35.4 Å². The van der Waals surface area contributed by atoms with Gasteiger partial charge in [0.15, 0.2) is 0 Å². The van der Waals surface area contributed by atoms with Crippen molar-refractivity contribution in [2.45, 2.75) is 19.9 Å². The Labute approximate surface area is 99.0 Å². The molecule has 94 valence electrons. The molecule has 1 unspecified atom stereocenters. The highest BCUT2D eigenvalue weighted by Crippen LogP contribution is 2.10. The Morgan fingerprint density at radius 2 is 2.06 bits per heavy atom. The molecule has 0 saturated heterocycles. The Kier molecular flexibility index (Phi) is 4.57. The van der Waals surface area contributed by atoms with Gasteiger partial charge in [-0.3, -0.25) is 4.79 Å². The molecule has 0 fully saturated rings. The molecule has 1 amide bonds. The number of amides is 1. The van der Waals surface area contributed by atoms with Crippen molar-refractivity contribution >= 4 is 5.91 Å². The van der Waals surface area contributed by atoms with Crippen LogP contribution in [0.2, 0.25) is 0 Å². The van der Waals surface area contributed by atoms with Crippen LogP contribution < -0.4 is 11.1 Å². The average molecular weight is 242 g/mol. The summed E-state index contributed by atoms with van der Waals surface area (Å²) in [5, 5.41) is 2.62. The minimum absolute atomic E-state index is 0.146. The maximum Gasteiger partial charge on any atom is 0.254 e. The van der Waals surface area contributed by atoms with Crippen molar-refractivity contribution < 1.29 is 13.6 Å². The number of carbonyl (C=O) groups is 1. The molecule has 17 heavy (non-hydrogen) atoms. The second kappa shape index (κ2) is 5.72. The molecule has 0 heterocycles. The fraction of sp³-hybridized carbons (Fsp3) is 0.417. The normalized spacial score (nSPS) is 12.6. The molecule has 1 aromatic rings. The molecular weight excluding hydrogens is 226 g/mol. The van der Waals surface area contributed by atoms with Crippen LogP contribution in [0.3, 0.4) is 0 Å². The van der Waals surface area contributed by atoms with E-state index < -0.39 is 17.5 Å². The van der Waals surface area contributed by atoms with Crippen LogP contribution in [0.25, 0.3) is 0 Å². The van der Waals surface area contributed by atoms with Gasteiger partial charge in [0.1, 0.15) is 11.6 Å². The summed E-state index contributed by atoms with van der Waals surface area (Å²) in [6.45, 7) is 4.07. The number of benzene rings is 1. The standard InChI is InChI=1S/C12H16F2N2O/c1-7(2)11(6-15)16-12(17)9-4-3-8(13)5-10(9)14/h3-5,7,11H,6,15H2,1-2H3,(H,16,17). The van der Waals surface area contributed by atoms with Crippen molar-refractivity contribution in [2.24, 2.45) is 11.7 Å². The first-order chi connectivity index (χ1) is 7.95. The third-order valence-electron chi connectivity index (χ3n) is 2.55. The van der Waals surface area contributed by atoms with Crippen molar-refractivity contribution in [1.82, 2.24) is 5.32 Å². The maximum absolute atomic E-state index is 13.3. The highest BCUT2D eigenvalue weighted by molar-refractivity contribution is 5.94. The van der Waals surface area contributed by atoms with Crippen LogP contribution in [0.1, 0.15) is 24.2 Å². The predicted molar refractivity (Wildman–Crippen MR) is 61.5 cm³/mol. The summed E-state index contributed by atoms with van der Waals surface area (Å²) >= 11 is 0. The quantitative estimate of drug-likeness (QED) is 0.844. The van der Waals surface area contributed by atoms with Gasteiger partial charge < -0.3 is 11.1 Å².